The molecule has 0 fully saturated rings. The van der Waals surface area contributed by atoms with Crippen LogP contribution in [-0.4, -0.2) is 21.8 Å². The lowest BCUT2D eigenvalue weighted by Gasteiger charge is -2.11. The Hall–Kier alpha value is -4.17. The Kier molecular flexibility index (Phi) is 5.96. The predicted molar refractivity (Wildman–Crippen MR) is 138 cm³/mol. The highest BCUT2D eigenvalue weighted by Gasteiger charge is 2.16. The van der Waals surface area contributed by atoms with E-state index >= 15 is 0 Å². The van der Waals surface area contributed by atoms with Gasteiger partial charge in [0.1, 0.15) is 5.82 Å². The molecule has 5 rings (SSSR count). The summed E-state index contributed by atoms with van der Waals surface area (Å²) in [7, 11) is 0. The third kappa shape index (κ3) is 4.74. The largest absolute Gasteiger partial charge is 0.322 e. The zero-order valence-electron chi connectivity index (χ0n) is 19.0. The Morgan fingerprint density at radius 1 is 0.886 bits per heavy atom. The molecule has 174 valence electrons. The highest BCUT2D eigenvalue weighted by molar-refractivity contribution is 7.22. The van der Waals surface area contributed by atoms with Gasteiger partial charge in [-0.2, -0.15) is 0 Å². The van der Waals surface area contributed by atoms with Crippen LogP contribution < -0.4 is 10.6 Å². The number of nitrogens with one attached hydrogen (secondary N) is 2. The van der Waals surface area contributed by atoms with Gasteiger partial charge in [-0.1, -0.05) is 43.4 Å². The van der Waals surface area contributed by atoms with E-state index in [1.807, 2.05) is 44.2 Å². The van der Waals surface area contributed by atoms with Gasteiger partial charge in [0.2, 0.25) is 5.91 Å². The number of para-hydroxylation sites is 1. The number of hydrogen-bond donors (Lipinski definition) is 2. The number of aromatic nitrogens is 2. The number of nitrogens with zero attached hydrogens (tertiary/aromatic N) is 2. The van der Waals surface area contributed by atoms with Crippen molar-refractivity contribution >= 4 is 55.1 Å². The van der Waals surface area contributed by atoms with Gasteiger partial charge in [0.15, 0.2) is 5.13 Å². The fraction of sp³-hybridized carbons (Fsp3) is 0.111. The molecular formula is C27H21FN4O2S. The summed E-state index contributed by atoms with van der Waals surface area (Å²) in [5, 5.41) is 6.99. The van der Waals surface area contributed by atoms with E-state index in [9.17, 15) is 14.0 Å². The van der Waals surface area contributed by atoms with Crippen LogP contribution >= 0.6 is 11.3 Å². The van der Waals surface area contributed by atoms with E-state index in [1.165, 1.54) is 23.5 Å². The third-order valence-corrected chi connectivity index (χ3v) is 6.45. The van der Waals surface area contributed by atoms with E-state index in [4.69, 9.17) is 0 Å². The minimum absolute atomic E-state index is 0.0980. The summed E-state index contributed by atoms with van der Waals surface area (Å²) in [6, 6.07) is 20.6. The Balaban J connectivity index is 1.47. The smallest absolute Gasteiger partial charge is 0.256 e. The molecule has 0 spiro atoms. The molecule has 0 unspecified atom stereocenters. The number of carbonyl (C=O) groups is 2. The lowest BCUT2D eigenvalue weighted by atomic mass is 10.0. The number of amides is 2. The molecule has 0 saturated carbocycles. The number of anilines is 2. The van der Waals surface area contributed by atoms with Crippen LogP contribution in [0.25, 0.3) is 32.4 Å². The number of thiazole rings is 1. The van der Waals surface area contributed by atoms with Gasteiger partial charge in [0, 0.05) is 22.6 Å². The molecule has 0 atom stereocenters. The van der Waals surface area contributed by atoms with Crippen LogP contribution in [0.5, 0.6) is 0 Å². The van der Waals surface area contributed by atoms with Crippen molar-refractivity contribution in [3.05, 3.63) is 84.2 Å². The summed E-state index contributed by atoms with van der Waals surface area (Å²) in [4.78, 5) is 34.5. The number of fused-ring (bicyclic) bond motifs is 2. The first-order chi connectivity index (χ1) is 16.9. The van der Waals surface area contributed by atoms with Crippen molar-refractivity contribution in [2.75, 3.05) is 10.6 Å². The average Bonchev–Trinajstić information content (AvgIpc) is 3.25. The first-order valence-electron chi connectivity index (χ1n) is 11.1. The second kappa shape index (κ2) is 9.23. The molecule has 2 N–H and O–H groups in total. The summed E-state index contributed by atoms with van der Waals surface area (Å²) >= 11 is 1.38. The molecule has 0 aliphatic rings. The Labute approximate surface area is 204 Å². The first kappa shape index (κ1) is 22.6. The summed E-state index contributed by atoms with van der Waals surface area (Å²) in [6.07, 6.45) is 0. The summed E-state index contributed by atoms with van der Waals surface area (Å²) in [6.45, 7) is 3.64. The highest BCUT2D eigenvalue weighted by atomic mass is 32.1. The molecule has 2 aromatic heterocycles. The minimum Gasteiger partial charge on any atom is -0.322 e. The van der Waals surface area contributed by atoms with Gasteiger partial charge in [0.05, 0.1) is 27.0 Å². The monoisotopic (exact) mass is 484 g/mol. The second-order valence-corrected chi connectivity index (χ2v) is 9.41. The number of pyridine rings is 1. The van der Waals surface area contributed by atoms with E-state index in [1.54, 1.807) is 30.3 Å². The maximum Gasteiger partial charge on any atom is 0.256 e. The van der Waals surface area contributed by atoms with Crippen molar-refractivity contribution in [2.45, 2.75) is 13.8 Å². The fourth-order valence-corrected chi connectivity index (χ4v) is 4.49. The maximum atomic E-state index is 13.4. The van der Waals surface area contributed by atoms with Gasteiger partial charge in [-0.15, -0.1) is 0 Å². The molecule has 0 aliphatic heterocycles. The maximum absolute atomic E-state index is 13.4. The lowest BCUT2D eigenvalue weighted by molar-refractivity contribution is -0.118. The van der Waals surface area contributed by atoms with Crippen LogP contribution in [0.3, 0.4) is 0 Å². The van der Waals surface area contributed by atoms with Gasteiger partial charge in [-0.25, -0.2) is 14.4 Å². The number of halogens is 1. The van der Waals surface area contributed by atoms with Crippen LogP contribution in [0.2, 0.25) is 0 Å². The number of rotatable bonds is 5. The highest BCUT2D eigenvalue weighted by Crippen LogP contribution is 2.30. The molecule has 0 saturated heterocycles. The number of benzene rings is 3. The lowest BCUT2D eigenvalue weighted by Crippen LogP contribution is -2.17. The topological polar surface area (TPSA) is 84.0 Å². The van der Waals surface area contributed by atoms with Crippen LogP contribution in [-0.2, 0) is 4.79 Å². The van der Waals surface area contributed by atoms with E-state index in [0.29, 0.717) is 44.1 Å². The zero-order valence-corrected chi connectivity index (χ0v) is 19.8. The normalized spacial score (nSPS) is 11.2. The van der Waals surface area contributed by atoms with Crippen LogP contribution in [0.15, 0.2) is 72.8 Å². The fourth-order valence-electron chi connectivity index (χ4n) is 3.64. The molecule has 0 radical (unpaired) electrons. The van der Waals surface area contributed by atoms with Gasteiger partial charge in [-0.3, -0.25) is 9.59 Å². The Morgan fingerprint density at radius 3 is 2.43 bits per heavy atom. The van der Waals surface area contributed by atoms with Crippen LogP contribution in [0.4, 0.5) is 15.2 Å². The summed E-state index contributed by atoms with van der Waals surface area (Å²) in [5.41, 5.74) is 3.68. The summed E-state index contributed by atoms with van der Waals surface area (Å²) < 4.78 is 14.3. The molecule has 3 aromatic carbocycles. The minimum atomic E-state index is -0.336. The molecule has 2 amide bonds. The van der Waals surface area contributed by atoms with Crippen molar-refractivity contribution in [1.29, 1.82) is 0 Å². The van der Waals surface area contributed by atoms with E-state index in [0.717, 1.165) is 4.70 Å². The van der Waals surface area contributed by atoms with Gasteiger partial charge >= 0.3 is 0 Å². The molecule has 0 bridgehead atoms. The van der Waals surface area contributed by atoms with Gasteiger partial charge in [0.25, 0.3) is 5.91 Å². The van der Waals surface area contributed by atoms with Crippen LogP contribution in [0, 0.1) is 11.7 Å². The number of carbonyl (C=O) groups excluding carboxylic acids is 2. The van der Waals surface area contributed by atoms with Crippen molar-refractivity contribution in [3.63, 3.8) is 0 Å². The van der Waals surface area contributed by atoms with Crippen LogP contribution in [0.1, 0.15) is 24.2 Å². The zero-order chi connectivity index (χ0) is 24.5. The second-order valence-electron chi connectivity index (χ2n) is 8.38. The van der Waals surface area contributed by atoms with E-state index < -0.39 is 0 Å². The van der Waals surface area contributed by atoms with Gasteiger partial charge in [-0.05, 0) is 54.6 Å². The van der Waals surface area contributed by atoms with Crippen molar-refractivity contribution < 1.29 is 14.0 Å². The van der Waals surface area contributed by atoms with Crippen molar-refractivity contribution in [1.82, 2.24) is 9.97 Å². The molecule has 2 heterocycles. The Morgan fingerprint density at radius 2 is 1.66 bits per heavy atom. The average molecular weight is 485 g/mol. The van der Waals surface area contributed by atoms with Crippen molar-refractivity contribution in [2.24, 2.45) is 5.92 Å². The predicted octanol–water partition coefficient (Wildman–Crippen LogP) is 6.50. The quantitative estimate of drug-likeness (QED) is 0.298. The molecular weight excluding hydrogens is 463 g/mol. The standard InChI is InChI=1S/C27H21FN4O2S/c1-15(2)25(33)32-27-31-23-13-18(11-12-24(23)35-27)29-26(34)20-14-22(16-7-9-17(28)10-8-16)30-21-6-4-3-5-19(20)21/h3-15H,1-2H3,(H,29,34)(H,31,32,33). The number of hydrogen-bond acceptors (Lipinski definition) is 5. The molecule has 5 aromatic rings. The molecule has 0 aliphatic carbocycles. The molecule has 35 heavy (non-hydrogen) atoms. The van der Waals surface area contributed by atoms with Gasteiger partial charge < -0.3 is 10.6 Å². The van der Waals surface area contributed by atoms with E-state index in [-0.39, 0.29) is 23.5 Å². The SMILES string of the molecule is CC(C)C(=O)Nc1nc2cc(NC(=O)c3cc(-c4ccc(F)cc4)nc4ccccc34)ccc2s1. The molecule has 8 heteroatoms. The Bertz CT molecular complexity index is 1580. The molecule has 6 nitrogen and oxygen atoms in total. The van der Waals surface area contributed by atoms with E-state index in [2.05, 4.69) is 20.6 Å². The third-order valence-electron chi connectivity index (χ3n) is 5.50. The first-order valence-corrected chi connectivity index (χ1v) is 11.9. The summed E-state index contributed by atoms with van der Waals surface area (Å²) in [5.74, 6) is -0.877. The van der Waals surface area contributed by atoms with Crippen molar-refractivity contribution in [3.8, 4) is 11.3 Å².